The second-order valence-corrected chi connectivity index (χ2v) is 9.92. The number of rotatable bonds is 2. The van der Waals surface area contributed by atoms with Crippen molar-refractivity contribution in [1.82, 2.24) is 4.31 Å². The van der Waals surface area contributed by atoms with Gasteiger partial charge in [0.15, 0.2) is 0 Å². The van der Waals surface area contributed by atoms with Crippen molar-refractivity contribution in [3.63, 3.8) is 0 Å². The highest BCUT2D eigenvalue weighted by Gasteiger charge is 2.37. The van der Waals surface area contributed by atoms with Gasteiger partial charge in [-0.25, -0.2) is 8.42 Å². The number of amides is 1. The molecule has 2 aliphatic heterocycles. The average molecular weight is 415 g/mol. The molecular formula is C17H23BrN2O3S. The van der Waals surface area contributed by atoms with Crippen molar-refractivity contribution in [3.8, 4) is 0 Å². The van der Waals surface area contributed by atoms with Crippen LogP contribution in [0.5, 0.6) is 0 Å². The Labute approximate surface area is 152 Å². The summed E-state index contributed by atoms with van der Waals surface area (Å²) in [5.74, 6) is 0.563. The average Bonchev–Trinajstić information content (AvgIpc) is 2.88. The van der Waals surface area contributed by atoms with Gasteiger partial charge in [0.25, 0.3) is 0 Å². The number of nitrogens with zero attached hydrogens (tertiary/aromatic N) is 2. The van der Waals surface area contributed by atoms with E-state index >= 15 is 0 Å². The molecule has 3 rings (SSSR count). The Morgan fingerprint density at radius 2 is 1.83 bits per heavy atom. The number of carbonyl (C=O) groups is 1. The fourth-order valence-corrected chi connectivity index (χ4v) is 6.52. The minimum atomic E-state index is -3.63. The number of anilines is 1. The predicted molar refractivity (Wildman–Crippen MR) is 97.6 cm³/mol. The maximum absolute atomic E-state index is 13.3. The molecule has 2 atom stereocenters. The zero-order chi connectivity index (χ0) is 17.6. The van der Waals surface area contributed by atoms with Crippen LogP contribution in [0.1, 0.15) is 32.8 Å². The molecule has 0 aromatic heterocycles. The molecule has 0 aliphatic carbocycles. The van der Waals surface area contributed by atoms with Gasteiger partial charge < -0.3 is 4.90 Å². The van der Waals surface area contributed by atoms with E-state index in [0.29, 0.717) is 43.6 Å². The summed E-state index contributed by atoms with van der Waals surface area (Å²) in [6, 6.07) is 3.55. The number of carbonyl (C=O) groups excluding carboxylic acids is 1. The van der Waals surface area contributed by atoms with Gasteiger partial charge in [0.2, 0.25) is 15.9 Å². The standard InChI is InChI=1S/C17H23BrN2O3S/c1-11-6-12(2)10-19(9-11)24(22,23)16-8-15(18)7-14-4-5-20(13(3)21)17(14)16/h7-8,11-12H,4-6,9-10H2,1-3H3. The number of benzene rings is 1. The Kier molecular flexibility index (Phi) is 4.79. The van der Waals surface area contributed by atoms with Gasteiger partial charge >= 0.3 is 0 Å². The molecular weight excluding hydrogens is 392 g/mol. The molecule has 0 saturated carbocycles. The van der Waals surface area contributed by atoms with Crippen LogP contribution in [0, 0.1) is 11.8 Å². The van der Waals surface area contributed by atoms with Gasteiger partial charge in [-0.3, -0.25) is 4.79 Å². The Balaban J connectivity index is 2.10. The topological polar surface area (TPSA) is 57.7 Å². The van der Waals surface area contributed by atoms with E-state index in [2.05, 4.69) is 29.8 Å². The van der Waals surface area contributed by atoms with Gasteiger partial charge in [0.05, 0.1) is 5.69 Å². The second-order valence-electron chi connectivity index (χ2n) is 7.10. The molecule has 5 nitrogen and oxygen atoms in total. The molecule has 1 aromatic rings. The largest absolute Gasteiger partial charge is 0.311 e. The number of hydrogen-bond acceptors (Lipinski definition) is 3. The van der Waals surface area contributed by atoms with Crippen LogP contribution in [0.4, 0.5) is 5.69 Å². The van der Waals surface area contributed by atoms with Crippen LogP contribution in [-0.2, 0) is 21.2 Å². The smallest absolute Gasteiger partial charge is 0.245 e. The Hall–Kier alpha value is -0.920. The first kappa shape index (κ1) is 17.9. The molecule has 7 heteroatoms. The van der Waals surface area contributed by atoms with Crippen molar-refractivity contribution in [2.75, 3.05) is 24.5 Å². The van der Waals surface area contributed by atoms with E-state index in [-0.39, 0.29) is 10.8 Å². The van der Waals surface area contributed by atoms with E-state index in [1.807, 2.05) is 6.07 Å². The minimum Gasteiger partial charge on any atom is -0.311 e. The summed E-state index contributed by atoms with van der Waals surface area (Å²) >= 11 is 3.43. The van der Waals surface area contributed by atoms with Gasteiger partial charge in [-0.2, -0.15) is 4.31 Å². The number of piperidine rings is 1. The SMILES string of the molecule is CC(=O)N1CCc2cc(Br)cc(S(=O)(=O)N3CC(C)CC(C)C3)c21. The molecule has 0 spiro atoms. The maximum Gasteiger partial charge on any atom is 0.245 e. The quantitative estimate of drug-likeness (QED) is 0.746. The number of sulfonamides is 1. The molecule has 2 aliphatic rings. The third kappa shape index (κ3) is 3.13. The third-order valence-corrected chi connectivity index (χ3v) is 7.13. The summed E-state index contributed by atoms with van der Waals surface area (Å²) in [5, 5.41) is 0. The highest BCUT2D eigenvalue weighted by atomic mass is 79.9. The normalized spacial score (nSPS) is 24.9. The maximum atomic E-state index is 13.3. The van der Waals surface area contributed by atoms with E-state index in [0.717, 1.165) is 16.5 Å². The lowest BCUT2D eigenvalue weighted by molar-refractivity contribution is -0.116. The molecule has 1 saturated heterocycles. The van der Waals surface area contributed by atoms with Gasteiger partial charge in [-0.15, -0.1) is 0 Å². The summed E-state index contributed by atoms with van der Waals surface area (Å²) < 4.78 is 29.0. The first-order valence-corrected chi connectivity index (χ1v) is 10.5. The van der Waals surface area contributed by atoms with E-state index in [9.17, 15) is 13.2 Å². The van der Waals surface area contributed by atoms with Crippen LogP contribution in [0.3, 0.4) is 0 Å². The van der Waals surface area contributed by atoms with Crippen LogP contribution in [0.2, 0.25) is 0 Å². The lowest BCUT2D eigenvalue weighted by atomic mass is 9.94. The molecule has 1 aromatic carbocycles. The number of hydrogen-bond donors (Lipinski definition) is 0. The van der Waals surface area contributed by atoms with Crippen LogP contribution in [0.25, 0.3) is 0 Å². The highest BCUT2D eigenvalue weighted by Crippen LogP contribution is 2.39. The molecule has 2 unspecified atom stereocenters. The Bertz CT molecular complexity index is 768. The molecule has 0 bridgehead atoms. The zero-order valence-corrected chi connectivity index (χ0v) is 16.7. The van der Waals surface area contributed by atoms with Crippen molar-refractivity contribution >= 4 is 37.5 Å². The Morgan fingerprint density at radius 1 is 1.21 bits per heavy atom. The van der Waals surface area contributed by atoms with Crippen LogP contribution in [-0.4, -0.2) is 38.3 Å². The highest BCUT2D eigenvalue weighted by molar-refractivity contribution is 9.10. The van der Waals surface area contributed by atoms with E-state index < -0.39 is 10.0 Å². The number of fused-ring (bicyclic) bond motifs is 1. The molecule has 1 amide bonds. The molecule has 0 radical (unpaired) electrons. The van der Waals surface area contributed by atoms with E-state index in [1.165, 1.54) is 6.92 Å². The van der Waals surface area contributed by atoms with Crippen molar-refractivity contribution in [2.24, 2.45) is 11.8 Å². The van der Waals surface area contributed by atoms with Gasteiger partial charge in [0.1, 0.15) is 4.90 Å². The fraction of sp³-hybridized carbons (Fsp3) is 0.588. The fourth-order valence-electron chi connectivity index (χ4n) is 3.92. The van der Waals surface area contributed by atoms with Crippen LogP contribution < -0.4 is 4.90 Å². The van der Waals surface area contributed by atoms with Crippen LogP contribution in [0.15, 0.2) is 21.5 Å². The molecule has 2 heterocycles. The van der Waals surface area contributed by atoms with Gasteiger partial charge in [-0.1, -0.05) is 29.8 Å². The lowest BCUT2D eigenvalue weighted by Gasteiger charge is -2.34. The third-order valence-electron chi connectivity index (χ3n) is 4.83. The summed E-state index contributed by atoms with van der Waals surface area (Å²) in [7, 11) is -3.63. The first-order chi connectivity index (χ1) is 11.2. The first-order valence-electron chi connectivity index (χ1n) is 8.30. The van der Waals surface area contributed by atoms with Crippen molar-refractivity contribution < 1.29 is 13.2 Å². The predicted octanol–water partition coefficient (Wildman–Crippen LogP) is 3.02. The van der Waals surface area contributed by atoms with E-state index in [1.54, 1.807) is 15.3 Å². The minimum absolute atomic E-state index is 0.118. The van der Waals surface area contributed by atoms with Gasteiger partial charge in [-0.05, 0) is 42.4 Å². The van der Waals surface area contributed by atoms with E-state index in [4.69, 9.17) is 0 Å². The van der Waals surface area contributed by atoms with Gasteiger partial charge in [0, 0.05) is 31.0 Å². The molecule has 132 valence electrons. The van der Waals surface area contributed by atoms with Crippen molar-refractivity contribution in [3.05, 3.63) is 22.2 Å². The van der Waals surface area contributed by atoms with Crippen molar-refractivity contribution in [2.45, 2.75) is 38.5 Å². The summed E-state index contributed by atoms with van der Waals surface area (Å²) in [6.45, 7) is 7.27. The zero-order valence-electron chi connectivity index (χ0n) is 14.3. The second kappa shape index (κ2) is 6.42. The monoisotopic (exact) mass is 414 g/mol. The molecule has 0 N–H and O–H groups in total. The van der Waals surface area contributed by atoms with Crippen molar-refractivity contribution in [1.29, 1.82) is 0 Å². The lowest BCUT2D eigenvalue weighted by Crippen LogP contribution is -2.43. The molecule has 24 heavy (non-hydrogen) atoms. The molecule has 1 fully saturated rings. The summed E-state index contributed by atoms with van der Waals surface area (Å²) in [5.41, 5.74) is 1.48. The Morgan fingerprint density at radius 3 is 2.42 bits per heavy atom. The number of halogens is 1. The summed E-state index contributed by atoms with van der Waals surface area (Å²) in [4.78, 5) is 13.8. The van der Waals surface area contributed by atoms with Crippen LogP contribution >= 0.6 is 15.9 Å². The summed E-state index contributed by atoms with van der Waals surface area (Å²) in [6.07, 6.45) is 1.73.